The summed E-state index contributed by atoms with van der Waals surface area (Å²) >= 11 is 0. The summed E-state index contributed by atoms with van der Waals surface area (Å²) in [6.07, 6.45) is 1.39. The summed E-state index contributed by atoms with van der Waals surface area (Å²) in [6, 6.07) is 4.81. The molecule has 0 aliphatic heterocycles. The van der Waals surface area contributed by atoms with Gasteiger partial charge in [-0.2, -0.15) is 0 Å². The fourth-order valence-electron chi connectivity index (χ4n) is 1.41. The van der Waals surface area contributed by atoms with Crippen LogP contribution in [0.25, 0.3) is 0 Å². The van der Waals surface area contributed by atoms with E-state index in [1.54, 1.807) is 26.0 Å². The number of aryl methyl sites for hydroxylation is 1. The highest BCUT2D eigenvalue weighted by molar-refractivity contribution is 5.27. The van der Waals surface area contributed by atoms with E-state index in [4.69, 9.17) is 15.6 Å². The number of aliphatic hydroxyl groups excluding tert-OH is 1. The lowest BCUT2D eigenvalue weighted by Crippen LogP contribution is -2.40. The average Bonchev–Trinajstić information content (AvgIpc) is 2.29. The molecule has 0 saturated heterocycles. The summed E-state index contributed by atoms with van der Waals surface area (Å²) in [4.78, 5) is 0. The van der Waals surface area contributed by atoms with Gasteiger partial charge in [0.2, 0.25) is 0 Å². The molecule has 1 aromatic carbocycles. The van der Waals surface area contributed by atoms with Crippen molar-refractivity contribution >= 4 is 0 Å². The largest absolute Gasteiger partial charge is 0.493 e. The van der Waals surface area contributed by atoms with Gasteiger partial charge in [0.15, 0.2) is 0 Å². The van der Waals surface area contributed by atoms with Crippen LogP contribution in [-0.4, -0.2) is 23.9 Å². The van der Waals surface area contributed by atoms with E-state index in [1.165, 1.54) is 6.07 Å². The van der Waals surface area contributed by atoms with Gasteiger partial charge in [-0.3, -0.25) is 0 Å². The Balaban J connectivity index is 2.34. The summed E-state index contributed by atoms with van der Waals surface area (Å²) < 4.78 is 18.6. The van der Waals surface area contributed by atoms with Crippen molar-refractivity contribution in [2.45, 2.75) is 32.2 Å². The molecular weight excluding hydrogens is 221 g/mol. The molecule has 1 atom stereocenters. The lowest BCUT2D eigenvalue weighted by molar-refractivity contribution is 0.188. The van der Waals surface area contributed by atoms with Gasteiger partial charge in [-0.05, 0) is 38.3 Å². The zero-order chi connectivity index (χ0) is 12.9. The predicted octanol–water partition coefficient (Wildman–Crippen LogP) is 2.00. The van der Waals surface area contributed by atoms with Crippen LogP contribution in [0.4, 0.5) is 4.39 Å². The fraction of sp³-hybridized carbons (Fsp3) is 0.538. The lowest BCUT2D eigenvalue weighted by Gasteiger charge is -2.21. The van der Waals surface area contributed by atoms with Crippen molar-refractivity contribution < 1.29 is 14.2 Å². The van der Waals surface area contributed by atoms with E-state index in [2.05, 4.69) is 0 Å². The van der Waals surface area contributed by atoms with Crippen LogP contribution in [0.5, 0.6) is 5.75 Å². The van der Waals surface area contributed by atoms with Crippen molar-refractivity contribution in [1.82, 2.24) is 0 Å². The van der Waals surface area contributed by atoms with Gasteiger partial charge in [-0.1, -0.05) is 6.07 Å². The van der Waals surface area contributed by atoms with Crippen LogP contribution in [0, 0.1) is 12.7 Å². The molecule has 0 bridgehead atoms. The number of rotatable bonds is 6. The van der Waals surface area contributed by atoms with E-state index in [9.17, 15) is 4.39 Å². The number of benzene rings is 1. The molecule has 3 nitrogen and oxygen atoms in total. The number of hydrogen-bond donors (Lipinski definition) is 2. The van der Waals surface area contributed by atoms with Crippen LogP contribution < -0.4 is 10.5 Å². The van der Waals surface area contributed by atoms with Crippen LogP contribution in [0.2, 0.25) is 0 Å². The molecule has 0 aromatic heterocycles. The van der Waals surface area contributed by atoms with Crippen LogP contribution in [0.3, 0.4) is 0 Å². The second kappa shape index (κ2) is 5.98. The minimum absolute atomic E-state index is 0.0494. The summed E-state index contributed by atoms with van der Waals surface area (Å²) in [5.74, 6) is 0.261. The third-order valence-electron chi connectivity index (χ3n) is 2.67. The maximum Gasteiger partial charge on any atom is 0.129 e. The first-order valence-corrected chi connectivity index (χ1v) is 5.73. The van der Waals surface area contributed by atoms with Crippen molar-refractivity contribution in [3.05, 3.63) is 29.6 Å². The first-order valence-electron chi connectivity index (χ1n) is 5.73. The van der Waals surface area contributed by atoms with Gasteiger partial charge in [-0.25, -0.2) is 4.39 Å². The van der Waals surface area contributed by atoms with Gasteiger partial charge in [0.05, 0.1) is 13.2 Å². The van der Waals surface area contributed by atoms with Crippen molar-refractivity contribution in [3.8, 4) is 5.75 Å². The van der Waals surface area contributed by atoms with E-state index in [0.29, 0.717) is 24.3 Å². The van der Waals surface area contributed by atoms with E-state index < -0.39 is 5.54 Å². The summed E-state index contributed by atoms with van der Waals surface area (Å²) in [6.45, 7) is 3.92. The van der Waals surface area contributed by atoms with Crippen molar-refractivity contribution in [2.75, 3.05) is 13.2 Å². The Labute approximate surface area is 101 Å². The summed E-state index contributed by atoms with van der Waals surface area (Å²) in [5.41, 5.74) is 5.81. The Morgan fingerprint density at radius 3 is 2.76 bits per heavy atom. The molecule has 0 amide bonds. The Bertz CT molecular complexity index is 366. The first-order chi connectivity index (χ1) is 7.94. The quantitative estimate of drug-likeness (QED) is 0.749. The van der Waals surface area contributed by atoms with Crippen molar-refractivity contribution in [1.29, 1.82) is 0 Å². The highest BCUT2D eigenvalue weighted by atomic mass is 19.1. The van der Waals surface area contributed by atoms with Crippen LogP contribution in [0.15, 0.2) is 18.2 Å². The Hall–Kier alpha value is -1.13. The van der Waals surface area contributed by atoms with E-state index in [1.807, 2.05) is 0 Å². The topological polar surface area (TPSA) is 55.5 Å². The van der Waals surface area contributed by atoms with E-state index >= 15 is 0 Å². The molecule has 1 aromatic rings. The lowest BCUT2D eigenvalue weighted by atomic mass is 9.99. The molecule has 0 spiro atoms. The SMILES string of the molecule is Cc1ccc(OCCCC(C)(N)CO)cc1F. The van der Waals surface area contributed by atoms with E-state index in [0.717, 1.165) is 6.42 Å². The molecule has 17 heavy (non-hydrogen) atoms. The molecule has 96 valence electrons. The molecule has 0 fully saturated rings. The van der Waals surface area contributed by atoms with Gasteiger partial charge in [-0.15, -0.1) is 0 Å². The average molecular weight is 241 g/mol. The minimum Gasteiger partial charge on any atom is -0.493 e. The number of halogens is 1. The molecule has 0 aliphatic carbocycles. The normalized spacial score (nSPS) is 14.4. The number of nitrogens with two attached hydrogens (primary N) is 1. The Kier molecular flexibility index (Phi) is 4.90. The molecule has 1 unspecified atom stereocenters. The van der Waals surface area contributed by atoms with Gasteiger partial charge < -0.3 is 15.6 Å². The third kappa shape index (κ3) is 4.71. The standard InChI is InChI=1S/C13H20FNO2/c1-10-4-5-11(8-12(10)14)17-7-3-6-13(2,15)9-16/h4-5,8,16H,3,6-7,9,15H2,1-2H3. The minimum atomic E-state index is -0.568. The highest BCUT2D eigenvalue weighted by Gasteiger charge is 2.15. The van der Waals surface area contributed by atoms with E-state index in [-0.39, 0.29) is 12.4 Å². The summed E-state index contributed by atoms with van der Waals surface area (Å²) in [5, 5.41) is 8.96. The molecular formula is C13H20FNO2. The predicted molar refractivity (Wildman–Crippen MR) is 65.5 cm³/mol. The zero-order valence-electron chi connectivity index (χ0n) is 10.4. The zero-order valence-corrected chi connectivity index (χ0v) is 10.4. The van der Waals surface area contributed by atoms with Crippen LogP contribution in [-0.2, 0) is 0 Å². The van der Waals surface area contributed by atoms with Crippen LogP contribution >= 0.6 is 0 Å². The first kappa shape index (κ1) is 13.9. The monoisotopic (exact) mass is 241 g/mol. The van der Waals surface area contributed by atoms with Crippen molar-refractivity contribution in [3.63, 3.8) is 0 Å². The maximum atomic E-state index is 13.2. The third-order valence-corrected chi connectivity index (χ3v) is 2.67. The molecule has 3 N–H and O–H groups in total. The van der Waals surface area contributed by atoms with Crippen molar-refractivity contribution in [2.24, 2.45) is 5.73 Å². The molecule has 0 heterocycles. The van der Waals surface area contributed by atoms with Gasteiger partial charge in [0.1, 0.15) is 11.6 Å². The van der Waals surface area contributed by atoms with Gasteiger partial charge in [0.25, 0.3) is 0 Å². The van der Waals surface area contributed by atoms with Crippen LogP contribution in [0.1, 0.15) is 25.3 Å². The molecule has 1 rings (SSSR count). The highest BCUT2D eigenvalue weighted by Crippen LogP contribution is 2.16. The van der Waals surface area contributed by atoms with Gasteiger partial charge >= 0.3 is 0 Å². The second-order valence-electron chi connectivity index (χ2n) is 4.68. The molecule has 4 heteroatoms. The Morgan fingerprint density at radius 2 is 2.18 bits per heavy atom. The van der Waals surface area contributed by atoms with Gasteiger partial charge in [0, 0.05) is 11.6 Å². The number of ether oxygens (including phenoxy) is 1. The number of aliphatic hydroxyl groups is 1. The molecule has 0 radical (unpaired) electrons. The second-order valence-corrected chi connectivity index (χ2v) is 4.68. The molecule has 0 aliphatic rings. The molecule has 0 saturated carbocycles. The maximum absolute atomic E-state index is 13.2. The summed E-state index contributed by atoms with van der Waals surface area (Å²) in [7, 11) is 0. The fourth-order valence-corrected chi connectivity index (χ4v) is 1.41. The number of hydrogen-bond acceptors (Lipinski definition) is 3. The Morgan fingerprint density at radius 1 is 1.47 bits per heavy atom. The smallest absolute Gasteiger partial charge is 0.129 e.